The fourth-order valence-corrected chi connectivity index (χ4v) is 5.47. The average molecular weight is 490 g/mol. The van der Waals surface area contributed by atoms with E-state index in [1.54, 1.807) is 19.1 Å². The molecule has 4 atom stereocenters. The maximum atomic E-state index is 13.2. The monoisotopic (exact) mass is 489 g/mol. The van der Waals surface area contributed by atoms with Gasteiger partial charge in [0.2, 0.25) is 5.91 Å². The zero-order valence-corrected chi connectivity index (χ0v) is 20.3. The number of amides is 1. The minimum absolute atomic E-state index is 0.0107. The van der Waals surface area contributed by atoms with Crippen LogP contribution in [0, 0.1) is 11.3 Å². The summed E-state index contributed by atoms with van der Waals surface area (Å²) in [4.78, 5) is 25.3. The van der Waals surface area contributed by atoms with Gasteiger partial charge in [-0.15, -0.1) is 0 Å². The second-order valence-electron chi connectivity index (χ2n) is 9.67. The van der Waals surface area contributed by atoms with Crippen molar-refractivity contribution in [1.82, 2.24) is 5.32 Å². The van der Waals surface area contributed by atoms with Crippen LogP contribution in [0.25, 0.3) is 0 Å². The van der Waals surface area contributed by atoms with Gasteiger partial charge in [-0.05, 0) is 60.6 Å². The third-order valence-corrected chi connectivity index (χ3v) is 7.67. The molecule has 1 saturated carbocycles. The average Bonchev–Trinajstić information content (AvgIpc) is 3.62. The van der Waals surface area contributed by atoms with E-state index in [0.717, 1.165) is 24.0 Å². The van der Waals surface area contributed by atoms with Crippen molar-refractivity contribution in [2.45, 2.75) is 56.6 Å². The fraction of sp³-hybridized carbons (Fsp3) is 0.462. The standard InChI is InChI=1S/C26H29Cl2NO4/c1-25(15-23(30)33-2)13-21(16-4-3-5-20(28)12-16)22(29-24(25)31)14-26(32,17-6-7-17)18-8-10-19(27)11-9-18/h3-5,8-12,17,21-22,32H,6-7,13-15H2,1-2H3,(H,29,31)/t21-,22+,25+,26+/m1/s1. The van der Waals surface area contributed by atoms with Crippen molar-refractivity contribution >= 4 is 35.1 Å². The van der Waals surface area contributed by atoms with Crippen molar-refractivity contribution in [2.24, 2.45) is 11.3 Å². The number of halogens is 2. The highest BCUT2D eigenvalue weighted by atomic mass is 35.5. The van der Waals surface area contributed by atoms with Gasteiger partial charge < -0.3 is 15.2 Å². The number of benzene rings is 2. The Kier molecular flexibility index (Phi) is 6.77. The molecule has 0 radical (unpaired) electrons. The molecule has 0 unspecified atom stereocenters. The first kappa shape index (κ1) is 24.1. The first-order valence-corrected chi connectivity index (χ1v) is 12.0. The van der Waals surface area contributed by atoms with Crippen LogP contribution in [-0.2, 0) is 19.9 Å². The van der Waals surface area contributed by atoms with E-state index in [-0.39, 0.29) is 30.2 Å². The summed E-state index contributed by atoms with van der Waals surface area (Å²) < 4.78 is 4.85. The van der Waals surface area contributed by atoms with Crippen molar-refractivity contribution < 1.29 is 19.4 Å². The van der Waals surface area contributed by atoms with Gasteiger partial charge in [-0.1, -0.05) is 54.4 Å². The molecule has 1 aliphatic heterocycles. The fourth-order valence-electron chi connectivity index (χ4n) is 5.14. The first-order valence-electron chi connectivity index (χ1n) is 11.3. The number of piperidine rings is 1. The second-order valence-corrected chi connectivity index (χ2v) is 10.5. The van der Waals surface area contributed by atoms with E-state index >= 15 is 0 Å². The molecule has 5 nitrogen and oxygen atoms in total. The molecule has 0 bridgehead atoms. The number of hydrogen-bond acceptors (Lipinski definition) is 4. The van der Waals surface area contributed by atoms with E-state index in [1.165, 1.54) is 7.11 Å². The van der Waals surface area contributed by atoms with Crippen molar-refractivity contribution in [1.29, 1.82) is 0 Å². The summed E-state index contributed by atoms with van der Waals surface area (Å²) in [6, 6.07) is 14.5. The zero-order valence-electron chi connectivity index (χ0n) is 18.8. The van der Waals surface area contributed by atoms with Crippen LogP contribution < -0.4 is 5.32 Å². The summed E-state index contributed by atoms with van der Waals surface area (Å²) in [5, 5.41) is 16.3. The lowest BCUT2D eigenvalue weighted by atomic mass is 9.67. The summed E-state index contributed by atoms with van der Waals surface area (Å²) in [5.74, 6) is -0.635. The number of rotatable bonds is 7. The minimum Gasteiger partial charge on any atom is -0.469 e. The summed E-state index contributed by atoms with van der Waals surface area (Å²) in [5.41, 5.74) is -0.237. The Bertz CT molecular complexity index is 1040. The third kappa shape index (κ3) is 5.06. The summed E-state index contributed by atoms with van der Waals surface area (Å²) in [6.45, 7) is 1.79. The molecule has 4 rings (SSSR count). The second kappa shape index (κ2) is 9.28. The number of esters is 1. The van der Waals surface area contributed by atoms with Gasteiger partial charge >= 0.3 is 5.97 Å². The van der Waals surface area contributed by atoms with Crippen LogP contribution in [0.5, 0.6) is 0 Å². The van der Waals surface area contributed by atoms with Crippen LogP contribution in [0.1, 0.15) is 56.1 Å². The number of nitrogens with one attached hydrogen (secondary N) is 1. The normalized spacial score (nSPS) is 26.9. The van der Waals surface area contributed by atoms with Crippen LogP contribution in [-0.4, -0.2) is 30.1 Å². The van der Waals surface area contributed by atoms with E-state index in [4.69, 9.17) is 27.9 Å². The zero-order chi connectivity index (χ0) is 23.8. The molecule has 2 aromatic rings. The molecule has 2 fully saturated rings. The number of methoxy groups -OCH3 is 1. The SMILES string of the molecule is COC(=O)C[C@]1(C)C[C@H](c2cccc(Cl)c2)[C@H](C[C@@](O)(c2ccc(Cl)cc2)C2CC2)NC1=O. The van der Waals surface area contributed by atoms with Gasteiger partial charge in [0, 0.05) is 28.4 Å². The Hall–Kier alpha value is -2.08. The van der Waals surface area contributed by atoms with Gasteiger partial charge in [0.1, 0.15) is 0 Å². The maximum Gasteiger partial charge on any atom is 0.306 e. The predicted octanol–water partition coefficient (Wildman–Crippen LogP) is 5.22. The van der Waals surface area contributed by atoms with Crippen molar-refractivity contribution in [2.75, 3.05) is 7.11 Å². The number of hydrogen-bond donors (Lipinski definition) is 2. The van der Waals surface area contributed by atoms with Crippen LogP contribution in [0.2, 0.25) is 10.0 Å². The number of carbonyl (C=O) groups excluding carboxylic acids is 2. The summed E-state index contributed by atoms with van der Waals surface area (Å²) >= 11 is 12.4. The lowest BCUT2D eigenvalue weighted by Crippen LogP contribution is -2.56. The molecule has 0 spiro atoms. The van der Waals surface area contributed by atoms with Crippen LogP contribution >= 0.6 is 23.2 Å². The van der Waals surface area contributed by atoms with Crippen molar-refractivity contribution in [3.8, 4) is 0 Å². The smallest absolute Gasteiger partial charge is 0.306 e. The van der Waals surface area contributed by atoms with Crippen LogP contribution in [0.15, 0.2) is 48.5 Å². The molecule has 1 aliphatic carbocycles. The molecular weight excluding hydrogens is 461 g/mol. The van der Waals surface area contributed by atoms with E-state index in [1.807, 2.05) is 36.4 Å². The Morgan fingerprint density at radius 3 is 2.48 bits per heavy atom. The van der Waals surface area contributed by atoms with Gasteiger partial charge in [-0.2, -0.15) is 0 Å². The summed E-state index contributed by atoms with van der Waals surface area (Å²) in [7, 11) is 1.32. The highest BCUT2D eigenvalue weighted by Gasteiger charge is 2.51. The molecule has 1 amide bonds. The molecule has 33 heavy (non-hydrogen) atoms. The topological polar surface area (TPSA) is 75.6 Å². The first-order chi connectivity index (χ1) is 15.6. The van der Waals surface area contributed by atoms with Crippen LogP contribution in [0.4, 0.5) is 0 Å². The predicted molar refractivity (Wildman–Crippen MR) is 128 cm³/mol. The maximum absolute atomic E-state index is 13.2. The Labute approximate surface area is 204 Å². The highest BCUT2D eigenvalue weighted by molar-refractivity contribution is 6.30. The summed E-state index contributed by atoms with van der Waals surface area (Å²) in [6.07, 6.45) is 2.66. The molecule has 0 aromatic heterocycles. The molecular formula is C26H29Cl2NO4. The number of ether oxygens (including phenoxy) is 1. The minimum atomic E-state index is -1.09. The largest absolute Gasteiger partial charge is 0.469 e. The van der Waals surface area contributed by atoms with E-state index in [2.05, 4.69) is 5.32 Å². The molecule has 2 aromatic carbocycles. The lowest BCUT2D eigenvalue weighted by Gasteiger charge is -2.45. The molecule has 176 valence electrons. The molecule has 7 heteroatoms. The van der Waals surface area contributed by atoms with Crippen molar-refractivity contribution in [3.05, 3.63) is 69.7 Å². The van der Waals surface area contributed by atoms with Gasteiger partial charge in [-0.25, -0.2) is 0 Å². The molecule has 2 aliphatic rings. The molecule has 1 saturated heterocycles. The Balaban J connectivity index is 1.69. The number of carbonyl (C=O) groups is 2. The van der Waals surface area contributed by atoms with Crippen LogP contribution in [0.3, 0.4) is 0 Å². The third-order valence-electron chi connectivity index (χ3n) is 7.19. The quantitative estimate of drug-likeness (QED) is 0.522. The van der Waals surface area contributed by atoms with Gasteiger partial charge in [0.25, 0.3) is 0 Å². The Morgan fingerprint density at radius 2 is 1.88 bits per heavy atom. The van der Waals surface area contributed by atoms with E-state index < -0.39 is 17.0 Å². The van der Waals surface area contributed by atoms with E-state index in [0.29, 0.717) is 22.9 Å². The van der Waals surface area contributed by atoms with Crippen molar-refractivity contribution in [3.63, 3.8) is 0 Å². The number of aliphatic hydroxyl groups is 1. The van der Waals surface area contributed by atoms with Gasteiger partial charge in [0.05, 0.1) is 24.5 Å². The molecule has 2 N–H and O–H groups in total. The highest BCUT2D eigenvalue weighted by Crippen LogP contribution is 2.51. The van der Waals surface area contributed by atoms with Gasteiger partial charge in [-0.3, -0.25) is 9.59 Å². The lowest BCUT2D eigenvalue weighted by molar-refractivity contribution is -0.150. The van der Waals surface area contributed by atoms with Gasteiger partial charge in [0.15, 0.2) is 0 Å². The van der Waals surface area contributed by atoms with E-state index in [9.17, 15) is 14.7 Å². The molecule has 1 heterocycles. The Morgan fingerprint density at radius 1 is 1.18 bits per heavy atom.